The molecule has 118 valence electrons. The highest BCUT2D eigenvalue weighted by Crippen LogP contribution is 2.24. The fourth-order valence-corrected chi connectivity index (χ4v) is 4.44. The van der Waals surface area contributed by atoms with E-state index in [1.165, 1.54) is 22.5 Å². The van der Waals surface area contributed by atoms with E-state index in [1.807, 2.05) is 6.92 Å². The maximum absolute atomic E-state index is 12.7. The number of hydrogen-bond donors (Lipinski definition) is 2. The van der Waals surface area contributed by atoms with Crippen LogP contribution in [0.2, 0.25) is 0 Å². The van der Waals surface area contributed by atoms with Gasteiger partial charge in [0, 0.05) is 13.1 Å². The van der Waals surface area contributed by atoms with Gasteiger partial charge in [-0.3, -0.25) is 9.78 Å². The molecule has 1 atom stereocenters. The average Bonchev–Trinajstić information content (AvgIpc) is 2.46. The molecule has 0 amide bonds. The zero-order valence-corrected chi connectivity index (χ0v) is 12.9. The molecule has 0 bridgehead atoms. The maximum Gasteiger partial charge on any atom is 0.326 e. The normalized spacial score (nSPS) is 20.3. The number of H-pyrrole nitrogens is 2. The monoisotopic (exact) mass is 323 g/mol. The predicted octanol–water partition coefficient (Wildman–Crippen LogP) is 0.637. The number of nitrogens with one attached hydrogen (secondary N) is 2. The summed E-state index contributed by atoms with van der Waals surface area (Å²) in [5.74, 6) is 0.323. The quantitative estimate of drug-likeness (QED) is 0.846. The lowest BCUT2D eigenvalue weighted by Gasteiger charge is -2.30. The van der Waals surface area contributed by atoms with Gasteiger partial charge in [-0.15, -0.1) is 0 Å². The summed E-state index contributed by atoms with van der Waals surface area (Å²) in [6.45, 7) is 3.01. The Balaban J connectivity index is 2.09. The van der Waals surface area contributed by atoms with Crippen LogP contribution in [0.15, 0.2) is 32.7 Å². The summed E-state index contributed by atoms with van der Waals surface area (Å²) in [5, 5.41) is 0.158. The Morgan fingerprint density at radius 1 is 1.23 bits per heavy atom. The summed E-state index contributed by atoms with van der Waals surface area (Å²) in [6.07, 6.45) is 1.85. The minimum absolute atomic E-state index is 0.0756. The van der Waals surface area contributed by atoms with E-state index < -0.39 is 21.3 Å². The molecule has 0 spiro atoms. The van der Waals surface area contributed by atoms with Crippen LogP contribution < -0.4 is 11.2 Å². The topological polar surface area (TPSA) is 103 Å². The Labute approximate surface area is 127 Å². The van der Waals surface area contributed by atoms with Gasteiger partial charge in [0.05, 0.1) is 15.8 Å². The number of nitrogens with zero attached hydrogens (tertiary/aromatic N) is 1. The number of fused-ring (bicyclic) bond motifs is 1. The van der Waals surface area contributed by atoms with Crippen LogP contribution >= 0.6 is 0 Å². The van der Waals surface area contributed by atoms with Crippen LogP contribution in [0.4, 0.5) is 0 Å². The summed E-state index contributed by atoms with van der Waals surface area (Å²) in [6, 6.07) is 4.19. The molecule has 0 radical (unpaired) electrons. The minimum atomic E-state index is -3.62. The molecule has 0 aliphatic carbocycles. The van der Waals surface area contributed by atoms with Crippen molar-refractivity contribution in [3.05, 3.63) is 39.0 Å². The maximum atomic E-state index is 12.7. The van der Waals surface area contributed by atoms with Gasteiger partial charge in [-0.05, 0) is 37.0 Å². The molecule has 1 aliphatic rings. The summed E-state index contributed by atoms with van der Waals surface area (Å²) < 4.78 is 26.9. The van der Waals surface area contributed by atoms with Gasteiger partial charge in [-0.25, -0.2) is 13.2 Å². The fraction of sp³-hybridized carbons (Fsp3) is 0.429. The number of benzene rings is 1. The molecule has 2 heterocycles. The third-order valence-electron chi connectivity index (χ3n) is 3.97. The lowest BCUT2D eigenvalue weighted by atomic mass is 10.0. The zero-order valence-electron chi connectivity index (χ0n) is 12.1. The van der Waals surface area contributed by atoms with E-state index in [-0.39, 0.29) is 10.3 Å². The van der Waals surface area contributed by atoms with Crippen LogP contribution in [0.5, 0.6) is 0 Å². The number of aromatic amines is 2. The van der Waals surface area contributed by atoms with E-state index in [4.69, 9.17) is 0 Å². The van der Waals surface area contributed by atoms with Gasteiger partial charge in [0.15, 0.2) is 0 Å². The van der Waals surface area contributed by atoms with E-state index in [2.05, 4.69) is 9.97 Å². The Morgan fingerprint density at radius 3 is 2.73 bits per heavy atom. The molecule has 1 fully saturated rings. The van der Waals surface area contributed by atoms with Crippen molar-refractivity contribution in [1.82, 2.24) is 14.3 Å². The van der Waals surface area contributed by atoms with Crippen LogP contribution in [0.1, 0.15) is 19.8 Å². The summed E-state index contributed by atoms with van der Waals surface area (Å²) in [5.41, 5.74) is -0.888. The second-order valence-electron chi connectivity index (χ2n) is 5.73. The molecule has 1 aromatic carbocycles. The molecule has 22 heavy (non-hydrogen) atoms. The average molecular weight is 323 g/mol. The van der Waals surface area contributed by atoms with Gasteiger partial charge in [0.1, 0.15) is 0 Å². The number of piperidine rings is 1. The van der Waals surface area contributed by atoms with Gasteiger partial charge in [-0.2, -0.15) is 4.31 Å². The van der Waals surface area contributed by atoms with E-state index in [0.717, 1.165) is 12.8 Å². The SMILES string of the molecule is CC1CCCN(S(=O)(=O)c2ccc3[nH]c(=O)[nH]c(=O)c3c2)C1. The summed E-state index contributed by atoms with van der Waals surface area (Å²) >= 11 is 0. The predicted molar refractivity (Wildman–Crippen MR) is 82.3 cm³/mol. The van der Waals surface area contributed by atoms with Gasteiger partial charge in [0.25, 0.3) is 5.56 Å². The molecule has 2 N–H and O–H groups in total. The second-order valence-corrected chi connectivity index (χ2v) is 7.66. The molecule has 2 aromatic rings. The van der Waals surface area contributed by atoms with Crippen molar-refractivity contribution >= 4 is 20.9 Å². The largest absolute Gasteiger partial charge is 0.326 e. The van der Waals surface area contributed by atoms with Crippen LogP contribution in [0.25, 0.3) is 10.9 Å². The van der Waals surface area contributed by atoms with Crippen molar-refractivity contribution in [2.45, 2.75) is 24.7 Å². The van der Waals surface area contributed by atoms with Gasteiger partial charge in [-0.1, -0.05) is 6.92 Å². The molecule has 1 unspecified atom stereocenters. The molecular weight excluding hydrogens is 306 g/mol. The molecule has 1 saturated heterocycles. The van der Waals surface area contributed by atoms with Gasteiger partial charge >= 0.3 is 5.69 Å². The Morgan fingerprint density at radius 2 is 2.00 bits per heavy atom. The number of aromatic nitrogens is 2. The third kappa shape index (κ3) is 2.59. The van der Waals surface area contributed by atoms with Crippen molar-refractivity contribution in [2.75, 3.05) is 13.1 Å². The van der Waals surface area contributed by atoms with Crippen LogP contribution in [0.3, 0.4) is 0 Å². The van der Waals surface area contributed by atoms with Crippen molar-refractivity contribution < 1.29 is 8.42 Å². The Hall–Kier alpha value is -1.93. The van der Waals surface area contributed by atoms with Crippen LogP contribution in [0, 0.1) is 5.92 Å². The van der Waals surface area contributed by atoms with Crippen molar-refractivity contribution in [2.24, 2.45) is 5.92 Å². The second kappa shape index (κ2) is 5.36. The lowest BCUT2D eigenvalue weighted by Crippen LogP contribution is -2.39. The zero-order chi connectivity index (χ0) is 15.9. The Bertz CT molecular complexity index is 929. The number of rotatable bonds is 2. The van der Waals surface area contributed by atoms with E-state index in [9.17, 15) is 18.0 Å². The highest BCUT2D eigenvalue weighted by atomic mass is 32.2. The van der Waals surface area contributed by atoms with Crippen molar-refractivity contribution in [3.8, 4) is 0 Å². The Kier molecular flexibility index (Phi) is 3.65. The molecule has 1 aromatic heterocycles. The number of sulfonamides is 1. The summed E-state index contributed by atoms with van der Waals surface area (Å²) in [7, 11) is -3.62. The molecule has 8 heteroatoms. The highest BCUT2D eigenvalue weighted by Gasteiger charge is 2.28. The van der Waals surface area contributed by atoms with Gasteiger partial charge in [0.2, 0.25) is 10.0 Å². The van der Waals surface area contributed by atoms with Crippen molar-refractivity contribution in [3.63, 3.8) is 0 Å². The first-order valence-corrected chi connectivity index (χ1v) is 8.58. The van der Waals surface area contributed by atoms with E-state index >= 15 is 0 Å². The molecule has 3 rings (SSSR count). The first-order chi connectivity index (χ1) is 10.4. The van der Waals surface area contributed by atoms with Crippen LogP contribution in [-0.2, 0) is 10.0 Å². The first-order valence-electron chi connectivity index (χ1n) is 7.14. The van der Waals surface area contributed by atoms with Gasteiger partial charge < -0.3 is 4.98 Å². The van der Waals surface area contributed by atoms with E-state index in [0.29, 0.717) is 24.5 Å². The van der Waals surface area contributed by atoms with E-state index in [1.54, 1.807) is 0 Å². The summed E-state index contributed by atoms with van der Waals surface area (Å²) in [4.78, 5) is 27.7. The highest BCUT2D eigenvalue weighted by molar-refractivity contribution is 7.89. The standard InChI is InChI=1S/C14H17N3O4S/c1-9-3-2-6-17(8-9)22(20,21)10-4-5-12-11(7-10)13(18)16-14(19)15-12/h4-5,7,9H,2-3,6,8H2,1H3,(H2,15,16,18,19). The smallest absolute Gasteiger partial charge is 0.307 e. The van der Waals surface area contributed by atoms with Crippen molar-refractivity contribution in [1.29, 1.82) is 0 Å². The lowest BCUT2D eigenvalue weighted by molar-refractivity contribution is 0.281. The van der Waals surface area contributed by atoms with Crippen LogP contribution in [-0.4, -0.2) is 35.8 Å². The number of hydrogen-bond acceptors (Lipinski definition) is 4. The minimum Gasteiger partial charge on any atom is -0.307 e. The fourth-order valence-electron chi connectivity index (χ4n) is 2.82. The first kappa shape index (κ1) is 15.0. The third-order valence-corrected chi connectivity index (χ3v) is 5.83. The molecular formula is C14H17N3O4S. The molecule has 7 nitrogen and oxygen atoms in total. The molecule has 1 aliphatic heterocycles. The molecule has 0 saturated carbocycles.